The van der Waals surface area contributed by atoms with Crippen LogP contribution in [-0.4, -0.2) is 6.61 Å². The van der Waals surface area contributed by atoms with Crippen LogP contribution in [-0.2, 0) is 0 Å². The standard InChI is InChI=1S/C21H26F2O/c1-3-6-16(2)7-4-5-14-24-19-11-8-17(9-12-19)18-10-13-20(22)21(23)15-18/h8-13,15-16H,3-7,14H2,1-2H3. The van der Waals surface area contributed by atoms with Crippen LogP contribution in [0, 0.1) is 17.6 Å². The van der Waals surface area contributed by atoms with E-state index in [4.69, 9.17) is 4.74 Å². The fraction of sp³-hybridized carbons (Fsp3) is 0.429. The first kappa shape index (κ1) is 18.4. The van der Waals surface area contributed by atoms with Crippen molar-refractivity contribution in [3.63, 3.8) is 0 Å². The second-order valence-corrected chi connectivity index (χ2v) is 6.39. The highest BCUT2D eigenvalue weighted by atomic mass is 19.2. The third kappa shape index (κ3) is 5.63. The Morgan fingerprint density at radius 3 is 2.25 bits per heavy atom. The molecule has 0 N–H and O–H groups in total. The van der Waals surface area contributed by atoms with Crippen molar-refractivity contribution in [2.45, 2.75) is 46.0 Å². The Hall–Kier alpha value is -1.90. The van der Waals surface area contributed by atoms with Crippen molar-refractivity contribution in [3.8, 4) is 16.9 Å². The number of hydrogen-bond acceptors (Lipinski definition) is 1. The van der Waals surface area contributed by atoms with E-state index in [0.717, 1.165) is 29.7 Å². The Labute approximate surface area is 143 Å². The van der Waals surface area contributed by atoms with Crippen LogP contribution in [0.3, 0.4) is 0 Å². The van der Waals surface area contributed by atoms with Crippen molar-refractivity contribution < 1.29 is 13.5 Å². The van der Waals surface area contributed by atoms with Gasteiger partial charge < -0.3 is 4.74 Å². The van der Waals surface area contributed by atoms with Gasteiger partial charge in [0.2, 0.25) is 0 Å². The summed E-state index contributed by atoms with van der Waals surface area (Å²) in [6.07, 6.45) is 6.05. The third-order valence-electron chi connectivity index (χ3n) is 4.25. The fourth-order valence-electron chi connectivity index (χ4n) is 2.84. The minimum Gasteiger partial charge on any atom is -0.494 e. The van der Waals surface area contributed by atoms with Crippen LogP contribution in [0.1, 0.15) is 46.0 Å². The summed E-state index contributed by atoms with van der Waals surface area (Å²) < 4.78 is 32.0. The zero-order chi connectivity index (χ0) is 17.4. The number of halogens is 2. The van der Waals surface area contributed by atoms with Gasteiger partial charge in [-0.2, -0.15) is 0 Å². The highest BCUT2D eigenvalue weighted by molar-refractivity contribution is 5.64. The number of unbranched alkanes of at least 4 members (excludes halogenated alkanes) is 1. The topological polar surface area (TPSA) is 9.23 Å². The van der Waals surface area contributed by atoms with E-state index in [-0.39, 0.29) is 0 Å². The smallest absolute Gasteiger partial charge is 0.159 e. The number of rotatable bonds is 9. The Morgan fingerprint density at radius 1 is 0.875 bits per heavy atom. The van der Waals surface area contributed by atoms with Crippen LogP contribution in [0.5, 0.6) is 5.75 Å². The Balaban J connectivity index is 1.79. The van der Waals surface area contributed by atoms with Crippen molar-refractivity contribution in [2.24, 2.45) is 5.92 Å². The highest BCUT2D eigenvalue weighted by Gasteiger charge is 2.05. The molecule has 0 bridgehead atoms. The monoisotopic (exact) mass is 332 g/mol. The maximum Gasteiger partial charge on any atom is 0.159 e. The lowest BCUT2D eigenvalue weighted by molar-refractivity contribution is 0.299. The summed E-state index contributed by atoms with van der Waals surface area (Å²) in [5.74, 6) is -0.0505. The Bertz CT molecular complexity index is 622. The Kier molecular flexibility index (Phi) is 7.23. The molecule has 0 radical (unpaired) electrons. The van der Waals surface area contributed by atoms with Gasteiger partial charge in [-0.25, -0.2) is 8.78 Å². The van der Waals surface area contributed by atoms with Gasteiger partial charge in [-0.05, 0) is 54.2 Å². The average Bonchev–Trinajstić information content (AvgIpc) is 2.58. The summed E-state index contributed by atoms with van der Waals surface area (Å²) >= 11 is 0. The van der Waals surface area contributed by atoms with Crippen molar-refractivity contribution in [3.05, 3.63) is 54.1 Å². The van der Waals surface area contributed by atoms with Gasteiger partial charge in [0.1, 0.15) is 5.75 Å². The van der Waals surface area contributed by atoms with Gasteiger partial charge in [-0.15, -0.1) is 0 Å². The molecule has 0 aliphatic heterocycles. The predicted octanol–water partition coefficient (Wildman–Crippen LogP) is 6.62. The molecule has 130 valence electrons. The van der Waals surface area contributed by atoms with Crippen molar-refractivity contribution in [1.82, 2.24) is 0 Å². The molecule has 0 heterocycles. The second-order valence-electron chi connectivity index (χ2n) is 6.39. The summed E-state index contributed by atoms with van der Waals surface area (Å²) in [6, 6.07) is 11.4. The van der Waals surface area contributed by atoms with Gasteiger partial charge in [0.15, 0.2) is 11.6 Å². The number of ether oxygens (including phenoxy) is 1. The van der Waals surface area contributed by atoms with Crippen LogP contribution in [0.2, 0.25) is 0 Å². The van der Waals surface area contributed by atoms with Crippen molar-refractivity contribution in [1.29, 1.82) is 0 Å². The molecular formula is C21H26F2O. The zero-order valence-electron chi connectivity index (χ0n) is 14.5. The fourth-order valence-corrected chi connectivity index (χ4v) is 2.84. The molecule has 0 saturated carbocycles. The molecule has 0 saturated heterocycles. The molecule has 2 aromatic rings. The average molecular weight is 332 g/mol. The normalized spacial score (nSPS) is 12.2. The number of benzene rings is 2. The quantitative estimate of drug-likeness (QED) is 0.469. The van der Waals surface area contributed by atoms with E-state index in [1.54, 1.807) is 6.07 Å². The molecule has 0 fully saturated rings. The van der Waals surface area contributed by atoms with Gasteiger partial charge in [0.25, 0.3) is 0 Å². The lowest BCUT2D eigenvalue weighted by Crippen LogP contribution is -2.00. The molecule has 0 aromatic heterocycles. The first-order valence-corrected chi connectivity index (χ1v) is 8.78. The lowest BCUT2D eigenvalue weighted by atomic mass is 9.99. The first-order chi connectivity index (χ1) is 11.6. The van der Waals surface area contributed by atoms with E-state index < -0.39 is 11.6 Å². The van der Waals surface area contributed by atoms with Gasteiger partial charge >= 0.3 is 0 Å². The Morgan fingerprint density at radius 2 is 1.58 bits per heavy atom. The molecule has 2 aromatic carbocycles. The molecule has 1 atom stereocenters. The molecule has 2 rings (SSSR count). The van der Waals surface area contributed by atoms with Gasteiger partial charge in [-0.1, -0.05) is 51.3 Å². The summed E-state index contributed by atoms with van der Waals surface area (Å²) in [4.78, 5) is 0. The van der Waals surface area contributed by atoms with Crippen molar-refractivity contribution in [2.75, 3.05) is 6.61 Å². The van der Waals surface area contributed by atoms with E-state index in [2.05, 4.69) is 13.8 Å². The van der Waals surface area contributed by atoms with Gasteiger partial charge in [0.05, 0.1) is 6.61 Å². The number of hydrogen-bond donors (Lipinski definition) is 0. The third-order valence-corrected chi connectivity index (χ3v) is 4.25. The molecule has 0 aliphatic rings. The molecule has 0 spiro atoms. The summed E-state index contributed by atoms with van der Waals surface area (Å²) in [5, 5.41) is 0. The lowest BCUT2D eigenvalue weighted by Gasteiger charge is -2.10. The van der Waals surface area contributed by atoms with E-state index in [9.17, 15) is 8.78 Å². The van der Waals surface area contributed by atoms with Crippen LogP contribution in [0.25, 0.3) is 11.1 Å². The van der Waals surface area contributed by atoms with E-state index in [0.29, 0.717) is 12.2 Å². The second kappa shape index (κ2) is 9.41. The van der Waals surface area contributed by atoms with Gasteiger partial charge in [-0.3, -0.25) is 0 Å². The molecule has 24 heavy (non-hydrogen) atoms. The minimum absolute atomic E-state index is 0.658. The predicted molar refractivity (Wildman–Crippen MR) is 95.2 cm³/mol. The maximum atomic E-state index is 13.3. The molecule has 0 amide bonds. The summed E-state index contributed by atoms with van der Waals surface area (Å²) in [7, 11) is 0. The maximum absolute atomic E-state index is 13.3. The van der Waals surface area contributed by atoms with E-state index >= 15 is 0 Å². The van der Waals surface area contributed by atoms with Gasteiger partial charge in [0, 0.05) is 0 Å². The van der Waals surface area contributed by atoms with Crippen LogP contribution < -0.4 is 4.74 Å². The summed E-state index contributed by atoms with van der Waals surface area (Å²) in [5.41, 5.74) is 1.50. The highest BCUT2D eigenvalue weighted by Crippen LogP contribution is 2.24. The zero-order valence-corrected chi connectivity index (χ0v) is 14.5. The van der Waals surface area contributed by atoms with Crippen LogP contribution in [0.15, 0.2) is 42.5 Å². The van der Waals surface area contributed by atoms with E-state index in [1.165, 1.54) is 31.7 Å². The molecule has 0 aliphatic carbocycles. The van der Waals surface area contributed by atoms with E-state index in [1.807, 2.05) is 24.3 Å². The van der Waals surface area contributed by atoms with Crippen molar-refractivity contribution >= 4 is 0 Å². The van der Waals surface area contributed by atoms with Crippen LogP contribution >= 0.6 is 0 Å². The molecule has 1 unspecified atom stereocenters. The summed E-state index contributed by atoms with van der Waals surface area (Å²) in [6.45, 7) is 5.24. The SMILES string of the molecule is CCCC(C)CCCCOc1ccc(-c2ccc(F)c(F)c2)cc1. The molecule has 1 nitrogen and oxygen atoms in total. The molecular weight excluding hydrogens is 306 g/mol. The van der Waals surface area contributed by atoms with Crippen LogP contribution in [0.4, 0.5) is 8.78 Å². The molecule has 3 heteroatoms. The minimum atomic E-state index is -0.829. The largest absolute Gasteiger partial charge is 0.494 e. The first-order valence-electron chi connectivity index (χ1n) is 8.78.